The average Bonchev–Trinajstić information content (AvgIpc) is 1.62. The molecule has 0 aliphatic heterocycles. The highest BCUT2D eigenvalue weighted by Crippen LogP contribution is 2.38. The highest BCUT2D eigenvalue weighted by Gasteiger charge is 1.94. The first kappa shape index (κ1) is 10.0. The fraction of sp³-hybridized carbons (Fsp3) is 0.600. The van der Waals surface area contributed by atoms with Gasteiger partial charge in [0, 0.05) is 21.2 Å². The van der Waals surface area contributed by atoms with Crippen LogP contribution in [0.4, 0.5) is 0 Å². The van der Waals surface area contributed by atoms with Gasteiger partial charge in [-0.15, -0.1) is 0 Å². The smallest absolute Gasteiger partial charge is 0.0789 e. The maximum atomic E-state index is 4.40. The number of nitrogens with zero attached hydrogens (tertiary/aromatic N) is 1. The van der Waals surface area contributed by atoms with Crippen LogP contribution in [0.25, 0.3) is 0 Å². The molecule has 9 heavy (non-hydrogen) atoms. The van der Waals surface area contributed by atoms with Crippen molar-refractivity contribution in [3.63, 3.8) is 0 Å². The van der Waals surface area contributed by atoms with Crippen LogP contribution in [0.3, 0.4) is 0 Å². The standard InChI is InChI=1S/C5H11INPS/c1-5(9-6)7-8(2,3)4/h2H2,1,3-4H3/b7-5-. The van der Waals surface area contributed by atoms with Gasteiger partial charge in [-0.3, -0.25) is 4.76 Å². The van der Waals surface area contributed by atoms with E-state index in [1.165, 1.54) is 0 Å². The Hall–Kier alpha value is 1.05. The van der Waals surface area contributed by atoms with Crippen LogP contribution in [0, 0.1) is 0 Å². The van der Waals surface area contributed by atoms with Gasteiger partial charge in [0.05, 0.1) is 5.04 Å². The van der Waals surface area contributed by atoms with Gasteiger partial charge in [-0.05, 0) is 36.2 Å². The molecule has 0 amide bonds. The zero-order chi connectivity index (χ0) is 7.49. The molecule has 0 rings (SSSR count). The molecule has 0 aromatic rings. The summed E-state index contributed by atoms with van der Waals surface area (Å²) in [6, 6.07) is 0. The third-order valence-corrected chi connectivity index (χ3v) is 3.73. The lowest BCUT2D eigenvalue weighted by Gasteiger charge is -2.04. The highest BCUT2D eigenvalue weighted by atomic mass is 127. The van der Waals surface area contributed by atoms with E-state index in [0.29, 0.717) is 0 Å². The number of hydrogen-bond donors (Lipinski definition) is 0. The summed E-state index contributed by atoms with van der Waals surface area (Å²) in [4.78, 5) is 0. The van der Waals surface area contributed by atoms with Gasteiger partial charge in [0.15, 0.2) is 0 Å². The predicted octanol–water partition coefficient (Wildman–Crippen LogP) is 3.11. The summed E-state index contributed by atoms with van der Waals surface area (Å²) in [6.07, 6.45) is 3.97. The molecule has 0 spiro atoms. The zero-order valence-corrected chi connectivity index (χ0v) is 9.76. The minimum absolute atomic E-state index is 1.13. The highest BCUT2D eigenvalue weighted by molar-refractivity contribution is 14.2. The third-order valence-electron chi connectivity index (χ3n) is 0.523. The minimum atomic E-state index is -1.18. The van der Waals surface area contributed by atoms with Crippen molar-refractivity contribution in [2.45, 2.75) is 6.92 Å². The van der Waals surface area contributed by atoms with Crippen LogP contribution in [0.15, 0.2) is 4.76 Å². The van der Waals surface area contributed by atoms with E-state index in [-0.39, 0.29) is 0 Å². The van der Waals surface area contributed by atoms with E-state index in [1.807, 2.05) is 6.92 Å². The zero-order valence-electron chi connectivity index (χ0n) is 5.89. The van der Waals surface area contributed by atoms with Crippen LogP contribution < -0.4 is 0 Å². The quantitative estimate of drug-likeness (QED) is 0.310. The molecule has 0 aromatic carbocycles. The molecule has 0 saturated heterocycles. The summed E-state index contributed by atoms with van der Waals surface area (Å²) in [7, 11) is 0.483. The van der Waals surface area contributed by atoms with Gasteiger partial charge in [-0.1, -0.05) is 6.30 Å². The largest absolute Gasteiger partial charge is 0.262 e. The summed E-state index contributed by atoms with van der Waals surface area (Å²) in [5.41, 5.74) is 0. The number of rotatable bonds is 1. The van der Waals surface area contributed by atoms with E-state index in [9.17, 15) is 0 Å². The van der Waals surface area contributed by atoms with Gasteiger partial charge < -0.3 is 0 Å². The molecular weight excluding hydrogens is 264 g/mol. The Kier molecular flexibility index (Phi) is 4.51. The molecule has 1 nitrogen and oxygen atoms in total. The van der Waals surface area contributed by atoms with E-state index >= 15 is 0 Å². The van der Waals surface area contributed by atoms with E-state index in [0.717, 1.165) is 5.04 Å². The Labute approximate surface area is 73.3 Å². The van der Waals surface area contributed by atoms with Crippen LogP contribution in [0.2, 0.25) is 0 Å². The van der Waals surface area contributed by atoms with Crippen molar-refractivity contribution in [1.29, 1.82) is 0 Å². The van der Waals surface area contributed by atoms with Crippen molar-refractivity contribution >= 4 is 48.5 Å². The lowest BCUT2D eigenvalue weighted by atomic mass is 10.9. The molecule has 0 N–H and O–H groups in total. The van der Waals surface area contributed by atoms with E-state index in [2.05, 4.69) is 45.6 Å². The summed E-state index contributed by atoms with van der Waals surface area (Å²) in [5.74, 6) is 0. The SMILES string of the molecule is C=P(C)(C)/N=C(/C)SI. The molecular formula is C5H11INPS. The molecule has 0 radical (unpaired) electrons. The van der Waals surface area contributed by atoms with Gasteiger partial charge in [0.1, 0.15) is 0 Å². The van der Waals surface area contributed by atoms with Gasteiger partial charge in [0.2, 0.25) is 0 Å². The molecule has 0 bridgehead atoms. The fourth-order valence-electron chi connectivity index (χ4n) is 0.397. The number of hydrogen-bond acceptors (Lipinski definition) is 2. The lowest BCUT2D eigenvalue weighted by Crippen LogP contribution is -1.78. The second-order valence-electron chi connectivity index (χ2n) is 2.32. The maximum Gasteiger partial charge on any atom is 0.0789 e. The van der Waals surface area contributed by atoms with Gasteiger partial charge in [-0.25, -0.2) is 0 Å². The Morgan fingerprint density at radius 2 is 2.11 bits per heavy atom. The molecule has 0 aliphatic rings. The van der Waals surface area contributed by atoms with Gasteiger partial charge >= 0.3 is 0 Å². The van der Waals surface area contributed by atoms with Gasteiger partial charge in [-0.2, -0.15) is 0 Å². The molecule has 0 unspecified atom stereocenters. The van der Waals surface area contributed by atoms with Crippen molar-refractivity contribution in [3.8, 4) is 0 Å². The second kappa shape index (κ2) is 4.04. The normalized spacial score (nSPS) is 14.0. The topological polar surface area (TPSA) is 12.4 Å². The summed E-state index contributed by atoms with van der Waals surface area (Å²) < 4.78 is 4.40. The van der Waals surface area contributed by atoms with Crippen LogP contribution in [0.1, 0.15) is 6.92 Å². The van der Waals surface area contributed by atoms with Crippen molar-refractivity contribution in [1.82, 2.24) is 0 Å². The molecule has 0 atom stereocenters. The molecule has 4 heteroatoms. The first-order valence-electron chi connectivity index (χ1n) is 2.49. The molecule has 0 fully saturated rings. The van der Waals surface area contributed by atoms with E-state index in [4.69, 9.17) is 0 Å². The molecule has 0 aromatic heterocycles. The Balaban J connectivity index is 4.13. The summed E-state index contributed by atoms with van der Waals surface area (Å²) in [5, 5.41) is 1.13. The third kappa shape index (κ3) is 6.94. The first-order valence-corrected chi connectivity index (χ1v) is 8.67. The predicted molar refractivity (Wildman–Crippen MR) is 60.6 cm³/mol. The monoisotopic (exact) mass is 275 g/mol. The summed E-state index contributed by atoms with van der Waals surface area (Å²) >= 11 is 2.23. The fourth-order valence-corrected chi connectivity index (χ4v) is 2.74. The van der Waals surface area contributed by atoms with Crippen molar-refractivity contribution < 1.29 is 0 Å². The molecule has 0 heterocycles. The Morgan fingerprint density at radius 3 is 2.22 bits per heavy atom. The first-order chi connectivity index (χ1) is 3.95. The van der Waals surface area contributed by atoms with Crippen LogP contribution in [-0.4, -0.2) is 24.7 Å². The van der Waals surface area contributed by atoms with Gasteiger partial charge in [0.25, 0.3) is 0 Å². The summed E-state index contributed by atoms with van der Waals surface area (Å²) in [6.45, 7) is 6.22. The second-order valence-corrected chi connectivity index (χ2v) is 7.83. The van der Waals surface area contributed by atoms with Crippen LogP contribution >= 0.6 is 37.2 Å². The Bertz CT molecular complexity index is 160. The average molecular weight is 275 g/mol. The maximum absolute atomic E-state index is 4.40. The number of halogens is 1. The minimum Gasteiger partial charge on any atom is -0.262 e. The molecule has 0 aliphatic carbocycles. The van der Waals surface area contributed by atoms with E-state index < -0.39 is 7.04 Å². The van der Waals surface area contributed by atoms with Crippen molar-refractivity contribution in [3.05, 3.63) is 0 Å². The van der Waals surface area contributed by atoms with Crippen LogP contribution in [-0.2, 0) is 0 Å². The Morgan fingerprint density at radius 1 is 1.67 bits per heavy atom. The van der Waals surface area contributed by atoms with Crippen molar-refractivity contribution in [2.24, 2.45) is 4.76 Å². The van der Waals surface area contributed by atoms with Crippen molar-refractivity contribution in [2.75, 3.05) is 13.3 Å². The van der Waals surface area contributed by atoms with E-state index in [1.54, 1.807) is 8.93 Å². The molecule has 0 saturated carbocycles. The molecule has 54 valence electrons. The van der Waals surface area contributed by atoms with Crippen LogP contribution in [0.5, 0.6) is 0 Å². The lowest BCUT2D eigenvalue weighted by molar-refractivity contribution is 1.79.